The first-order valence-electron chi connectivity index (χ1n) is 16.8. The van der Waals surface area contributed by atoms with Crippen LogP contribution in [-0.4, -0.2) is 66.0 Å². The summed E-state index contributed by atoms with van der Waals surface area (Å²) >= 11 is 0. The maximum atomic E-state index is 13.5. The third-order valence-corrected chi connectivity index (χ3v) is 11.1. The molecular weight excluding hydrogens is 686 g/mol. The molecule has 0 aromatic heterocycles. The molecule has 3 N–H and O–H groups in total. The molecule has 0 amide bonds. The molecule has 0 spiro atoms. The van der Waals surface area contributed by atoms with Gasteiger partial charge in [-0.15, -0.1) is 0 Å². The van der Waals surface area contributed by atoms with Crippen molar-refractivity contribution in [3.63, 3.8) is 0 Å². The fraction of sp³-hybridized carbons (Fsp3) is 0.938. The van der Waals surface area contributed by atoms with Crippen molar-refractivity contribution >= 4 is 33.9 Å². The fourth-order valence-electron chi connectivity index (χ4n) is 5.14. The van der Waals surface area contributed by atoms with Gasteiger partial charge in [0.2, 0.25) is 0 Å². The molecule has 1 saturated carbocycles. The van der Waals surface area contributed by atoms with Gasteiger partial charge in [0.1, 0.15) is 12.1 Å². The zero-order valence-corrected chi connectivity index (χ0v) is 31.3. The van der Waals surface area contributed by atoms with Gasteiger partial charge in [-0.25, -0.2) is 17.9 Å². The summed E-state index contributed by atoms with van der Waals surface area (Å²) in [5.41, 5.74) is 0. The minimum Gasteiger partial charge on any atom is -0.481 e. The number of esters is 1. The molecule has 1 aliphatic rings. The molecule has 0 aromatic carbocycles. The largest absolute Gasteiger partial charge is 0.481 e. The quantitative estimate of drug-likeness (QED) is 0.0786. The summed E-state index contributed by atoms with van der Waals surface area (Å²) < 4.78 is 112. The van der Waals surface area contributed by atoms with Crippen LogP contribution in [0.15, 0.2) is 0 Å². The highest BCUT2D eigenvalue weighted by Gasteiger charge is 2.51. The summed E-state index contributed by atoms with van der Waals surface area (Å²) in [6.07, 6.45) is -0.797. The van der Waals surface area contributed by atoms with E-state index in [2.05, 4.69) is 4.72 Å². The molecule has 16 heteroatoms. The van der Waals surface area contributed by atoms with E-state index in [1.807, 2.05) is 11.6 Å². The Labute approximate surface area is 287 Å². The Kier molecular flexibility index (Phi) is 20.6. The number of aliphatic carboxylic acids is 1. The summed E-state index contributed by atoms with van der Waals surface area (Å²) in [7, 11) is -3.93. The van der Waals surface area contributed by atoms with Gasteiger partial charge in [-0.3, -0.25) is 9.59 Å². The second-order valence-electron chi connectivity index (χ2n) is 14.3. The molecule has 0 saturated heterocycles. The Morgan fingerprint density at radius 2 is 1.19 bits per heavy atom. The van der Waals surface area contributed by atoms with Gasteiger partial charge in [0, 0.05) is 0 Å². The SMILES string of the molecule is CC(C)(C)[S@@](=O)N[C@H]([C@@H](CC1CCCCC1)C(=O)O)C(F)(F)F.CCCCCCC[C@@H](C(=O)OCC)[C@@H](N[S@](=O)C(C)(C)C)C(F)(F)F. The number of carbonyl (C=O) groups excluding carboxylic acids is 1. The number of rotatable bonds is 17. The van der Waals surface area contributed by atoms with Crippen LogP contribution in [0.5, 0.6) is 0 Å². The smallest absolute Gasteiger partial charge is 0.405 e. The number of halogens is 6. The van der Waals surface area contributed by atoms with Crippen molar-refractivity contribution < 1.29 is 54.2 Å². The summed E-state index contributed by atoms with van der Waals surface area (Å²) in [6, 6.07) is -4.49. The summed E-state index contributed by atoms with van der Waals surface area (Å²) in [5, 5.41) is 9.31. The molecule has 0 unspecified atom stereocenters. The first-order valence-corrected chi connectivity index (χ1v) is 19.1. The van der Waals surface area contributed by atoms with Gasteiger partial charge in [-0.05, 0) is 67.2 Å². The van der Waals surface area contributed by atoms with E-state index < -0.39 is 79.7 Å². The number of carboxylic acid groups (broad SMARTS) is 1. The van der Waals surface area contributed by atoms with Crippen molar-refractivity contribution in [1.82, 2.24) is 9.44 Å². The van der Waals surface area contributed by atoms with Crippen molar-refractivity contribution in [2.75, 3.05) is 6.61 Å². The average Bonchev–Trinajstić information content (AvgIpc) is 2.94. The van der Waals surface area contributed by atoms with Crippen LogP contribution in [0.25, 0.3) is 0 Å². The predicted octanol–water partition coefficient (Wildman–Crippen LogP) is 8.15. The summed E-state index contributed by atoms with van der Waals surface area (Å²) in [6.45, 7) is 13.0. The fourth-order valence-corrected chi connectivity index (χ4v) is 6.90. The number of carboxylic acids is 1. The van der Waals surface area contributed by atoms with Crippen molar-refractivity contribution in [1.29, 1.82) is 0 Å². The van der Waals surface area contributed by atoms with E-state index in [0.717, 1.165) is 57.8 Å². The van der Waals surface area contributed by atoms with E-state index >= 15 is 0 Å². The zero-order valence-electron chi connectivity index (χ0n) is 29.7. The van der Waals surface area contributed by atoms with E-state index in [-0.39, 0.29) is 25.4 Å². The topological polar surface area (TPSA) is 122 Å². The first-order chi connectivity index (χ1) is 21.9. The number of unbranched alkanes of at least 4 members (excludes halogenated alkanes) is 4. The van der Waals surface area contributed by atoms with Crippen LogP contribution in [0.1, 0.15) is 132 Å². The average molecular weight is 745 g/mol. The number of hydrogen-bond acceptors (Lipinski definition) is 5. The third kappa shape index (κ3) is 18.1. The van der Waals surface area contributed by atoms with Crippen LogP contribution in [0, 0.1) is 17.8 Å². The van der Waals surface area contributed by atoms with Crippen molar-refractivity contribution in [2.45, 2.75) is 166 Å². The molecule has 0 aromatic rings. The van der Waals surface area contributed by atoms with Gasteiger partial charge in [-0.1, -0.05) is 71.1 Å². The molecule has 8 nitrogen and oxygen atoms in total. The summed E-state index contributed by atoms with van der Waals surface area (Å²) in [4.78, 5) is 23.6. The molecule has 0 radical (unpaired) electrons. The highest BCUT2D eigenvalue weighted by molar-refractivity contribution is 7.84. The Balaban J connectivity index is 0.000000923. The number of hydrogen-bond donors (Lipinski definition) is 3. The number of carbonyl (C=O) groups is 2. The normalized spacial score (nSPS) is 18.9. The third-order valence-electron chi connectivity index (χ3n) is 7.93. The molecular formula is C32H58F6N2O6S2. The lowest BCUT2D eigenvalue weighted by Crippen LogP contribution is -2.53. The molecule has 1 aliphatic carbocycles. The van der Waals surface area contributed by atoms with E-state index in [1.54, 1.807) is 48.5 Å². The van der Waals surface area contributed by atoms with Crippen LogP contribution >= 0.6 is 0 Å². The van der Waals surface area contributed by atoms with Gasteiger partial charge in [0.25, 0.3) is 0 Å². The van der Waals surface area contributed by atoms with Crippen molar-refractivity contribution in [2.24, 2.45) is 17.8 Å². The van der Waals surface area contributed by atoms with E-state index in [4.69, 9.17) is 4.74 Å². The molecule has 0 heterocycles. The molecule has 286 valence electrons. The van der Waals surface area contributed by atoms with Crippen LogP contribution in [0.4, 0.5) is 26.3 Å². The van der Waals surface area contributed by atoms with Crippen LogP contribution in [0.2, 0.25) is 0 Å². The number of ether oxygens (including phenoxy) is 1. The molecule has 48 heavy (non-hydrogen) atoms. The Morgan fingerprint density at radius 1 is 0.750 bits per heavy atom. The Hall–Kier alpha value is -1.26. The van der Waals surface area contributed by atoms with E-state index in [1.165, 1.54) is 0 Å². The maximum Gasteiger partial charge on any atom is 0.405 e. The first kappa shape index (κ1) is 46.7. The van der Waals surface area contributed by atoms with Crippen molar-refractivity contribution in [3.05, 3.63) is 0 Å². The van der Waals surface area contributed by atoms with Crippen LogP contribution in [-0.2, 0) is 36.3 Å². The van der Waals surface area contributed by atoms with Gasteiger partial charge < -0.3 is 9.84 Å². The van der Waals surface area contributed by atoms with E-state index in [0.29, 0.717) is 6.42 Å². The van der Waals surface area contributed by atoms with Crippen LogP contribution in [0.3, 0.4) is 0 Å². The summed E-state index contributed by atoms with van der Waals surface area (Å²) in [5.74, 6) is -5.41. The predicted molar refractivity (Wildman–Crippen MR) is 178 cm³/mol. The molecule has 6 atom stereocenters. The minimum absolute atomic E-state index is 0.0120. The lowest BCUT2D eigenvalue weighted by atomic mass is 9.80. The molecule has 1 fully saturated rings. The minimum atomic E-state index is -4.77. The number of nitrogens with one attached hydrogen (secondary N) is 2. The highest BCUT2D eigenvalue weighted by Crippen LogP contribution is 2.36. The highest BCUT2D eigenvalue weighted by atomic mass is 32.2. The second kappa shape index (κ2) is 21.2. The Bertz CT molecular complexity index is 1010. The monoisotopic (exact) mass is 744 g/mol. The second-order valence-corrected chi connectivity index (χ2v) is 18.3. The Morgan fingerprint density at radius 3 is 1.56 bits per heavy atom. The van der Waals surface area contributed by atoms with Gasteiger partial charge in [0.05, 0.1) is 49.9 Å². The van der Waals surface area contributed by atoms with Gasteiger partial charge >= 0.3 is 24.3 Å². The van der Waals surface area contributed by atoms with E-state index in [9.17, 15) is 49.5 Å². The molecule has 0 bridgehead atoms. The van der Waals surface area contributed by atoms with Gasteiger partial charge in [0.15, 0.2) is 0 Å². The maximum absolute atomic E-state index is 13.5. The molecule has 1 rings (SSSR count). The van der Waals surface area contributed by atoms with Crippen molar-refractivity contribution in [3.8, 4) is 0 Å². The lowest BCUT2D eigenvalue weighted by Gasteiger charge is -2.32. The lowest BCUT2D eigenvalue weighted by molar-refractivity contribution is -0.179. The van der Waals surface area contributed by atoms with Crippen LogP contribution < -0.4 is 9.44 Å². The number of alkyl halides is 6. The zero-order chi connectivity index (χ0) is 37.5. The van der Waals surface area contributed by atoms with Gasteiger partial charge in [-0.2, -0.15) is 26.3 Å². The molecule has 0 aliphatic heterocycles. The standard InChI is InChI=1S/C17H32F3NO3S.C15H26F3NO3S/c1-6-8-9-10-11-12-13(15(22)24-7-2)14(17(18,19)20)21-25(23)16(3,4)5;1-14(2,3)23(22)19-12(15(16,17)18)11(13(20)21)9-10-7-5-4-6-8-10/h13-14,21H,6-12H2,1-5H3;10-12,19H,4-9H2,1-3H3,(H,20,21)/t13-,14-,25-;11-,12-,23-/m11/s1.